The molecule has 210 valence electrons. The summed E-state index contributed by atoms with van der Waals surface area (Å²) in [4.78, 5) is 24.2. The number of nitrogens with zero attached hydrogens (tertiary/aromatic N) is 4. The average Bonchev–Trinajstić information content (AvgIpc) is 3.33. The highest BCUT2D eigenvalue weighted by Gasteiger charge is 2.35. The number of carbonyl (C=O) groups excluding carboxylic acids is 1. The molecule has 1 atom stereocenters. The van der Waals surface area contributed by atoms with Crippen LogP contribution in [-0.2, 0) is 6.54 Å². The zero-order valence-electron chi connectivity index (χ0n) is 23.3. The molecule has 4 aromatic rings. The first-order valence-corrected chi connectivity index (χ1v) is 14.7. The average molecular weight is 567 g/mol. The first-order chi connectivity index (χ1) is 20.0. The van der Waals surface area contributed by atoms with E-state index in [0.717, 1.165) is 54.5 Å². The number of pyridine rings is 1. The summed E-state index contributed by atoms with van der Waals surface area (Å²) in [7, 11) is 0. The highest BCUT2D eigenvalue weighted by molar-refractivity contribution is 6.30. The number of nitrogens with two attached hydrogens (primary N) is 1. The van der Waals surface area contributed by atoms with Gasteiger partial charge < -0.3 is 20.5 Å². The first kappa shape index (κ1) is 27.1. The van der Waals surface area contributed by atoms with E-state index in [0.29, 0.717) is 24.7 Å². The van der Waals surface area contributed by atoms with Crippen LogP contribution in [0.4, 0.5) is 16.2 Å². The SMILES string of the molecule is Cc1nccn1CCCC1=Cc2cccnc2C(C2CCN(C(=O)Nc3ccc(N)cc3)CC2)c2ccc(Cl)cc21. The summed E-state index contributed by atoms with van der Waals surface area (Å²) >= 11 is 6.59. The number of fused-ring (bicyclic) bond motifs is 2. The van der Waals surface area contributed by atoms with E-state index in [-0.39, 0.29) is 11.9 Å². The van der Waals surface area contributed by atoms with Crippen LogP contribution in [0.3, 0.4) is 0 Å². The molecule has 1 saturated heterocycles. The van der Waals surface area contributed by atoms with Crippen LogP contribution in [0, 0.1) is 12.8 Å². The van der Waals surface area contributed by atoms with E-state index < -0.39 is 0 Å². The highest BCUT2D eigenvalue weighted by Crippen LogP contribution is 2.45. The minimum Gasteiger partial charge on any atom is -0.399 e. The Morgan fingerprint density at radius 3 is 2.63 bits per heavy atom. The fraction of sp³-hybridized carbons (Fsp3) is 0.303. The van der Waals surface area contributed by atoms with Gasteiger partial charge in [-0.15, -0.1) is 0 Å². The summed E-state index contributed by atoms with van der Waals surface area (Å²) < 4.78 is 2.20. The van der Waals surface area contributed by atoms with Gasteiger partial charge in [0.25, 0.3) is 0 Å². The first-order valence-electron chi connectivity index (χ1n) is 14.3. The van der Waals surface area contributed by atoms with E-state index in [1.165, 1.54) is 22.3 Å². The molecule has 1 fully saturated rings. The second-order valence-electron chi connectivity index (χ2n) is 11.0. The number of likely N-dealkylation sites (tertiary alicyclic amines) is 1. The van der Waals surface area contributed by atoms with Crippen molar-refractivity contribution in [2.45, 2.75) is 45.1 Å². The highest BCUT2D eigenvalue weighted by atomic mass is 35.5. The van der Waals surface area contributed by atoms with Gasteiger partial charge in [0.15, 0.2) is 0 Å². The zero-order valence-corrected chi connectivity index (χ0v) is 24.0. The lowest BCUT2D eigenvalue weighted by molar-refractivity contribution is 0.177. The number of aromatic nitrogens is 3. The van der Waals surface area contributed by atoms with Crippen LogP contribution in [0.2, 0.25) is 5.02 Å². The fourth-order valence-corrected chi connectivity index (χ4v) is 6.44. The molecule has 6 rings (SSSR count). The number of imidazole rings is 1. The van der Waals surface area contributed by atoms with Gasteiger partial charge in [-0.25, -0.2) is 9.78 Å². The van der Waals surface area contributed by atoms with E-state index in [4.69, 9.17) is 22.3 Å². The van der Waals surface area contributed by atoms with Gasteiger partial charge in [0.1, 0.15) is 5.82 Å². The Balaban J connectivity index is 1.24. The Labute approximate surface area is 246 Å². The van der Waals surface area contributed by atoms with Gasteiger partial charge in [-0.1, -0.05) is 23.7 Å². The summed E-state index contributed by atoms with van der Waals surface area (Å²) in [5, 5.41) is 3.75. The molecule has 1 aliphatic heterocycles. The van der Waals surface area contributed by atoms with Crippen molar-refractivity contribution in [2.24, 2.45) is 5.92 Å². The molecule has 2 aliphatic rings. The number of nitrogens with one attached hydrogen (secondary N) is 1. The van der Waals surface area contributed by atoms with E-state index in [1.807, 2.05) is 54.7 Å². The van der Waals surface area contributed by atoms with Gasteiger partial charge in [-0.2, -0.15) is 0 Å². The van der Waals surface area contributed by atoms with Crippen molar-refractivity contribution >= 4 is 40.7 Å². The molecule has 0 spiro atoms. The Kier molecular flexibility index (Phi) is 7.79. The molecule has 0 radical (unpaired) electrons. The summed E-state index contributed by atoms with van der Waals surface area (Å²) in [5.74, 6) is 1.52. The third kappa shape index (κ3) is 5.86. The van der Waals surface area contributed by atoms with Gasteiger partial charge in [-0.05, 0) is 109 Å². The van der Waals surface area contributed by atoms with Crippen LogP contribution in [0.15, 0.2) is 73.2 Å². The molecule has 41 heavy (non-hydrogen) atoms. The number of halogens is 1. The van der Waals surface area contributed by atoms with Crippen molar-refractivity contribution in [1.29, 1.82) is 0 Å². The number of benzene rings is 2. The molecule has 2 aromatic carbocycles. The number of carbonyl (C=O) groups is 1. The van der Waals surface area contributed by atoms with Gasteiger partial charge in [0, 0.05) is 60.5 Å². The van der Waals surface area contributed by atoms with Crippen molar-refractivity contribution in [3.8, 4) is 0 Å². The van der Waals surface area contributed by atoms with Crippen molar-refractivity contribution in [3.63, 3.8) is 0 Å². The van der Waals surface area contributed by atoms with E-state index in [2.05, 4.69) is 39.1 Å². The topological polar surface area (TPSA) is 89.1 Å². The zero-order chi connectivity index (χ0) is 28.3. The Morgan fingerprint density at radius 1 is 1.07 bits per heavy atom. The van der Waals surface area contributed by atoms with E-state index in [1.54, 1.807) is 12.1 Å². The monoisotopic (exact) mass is 566 g/mol. The summed E-state index contributed by atoms with van der Waals surface area (Å²) in [5.41, 5.74) is 13.3. The Hall–Kier alpha value is -4.10. The van der Waals surface area contributed by atoms with Crippen LogP contribution in [0.5, 0.6) is 0 Å². The van der Waals surface area contributed by atoms with E-state index in [9.17, 15) is 4.79 Å². The van der Waals surface area contributed by atoms with Gasteiger partial charge in [-0.3, -0.25) is 4.98 Å². The van der Waals surface area contributed by atoms with Crippen LogP contribution >= 0.6 is 11.6 Å². The number of rotatable bonds is 6. The molecular weight excluding hydrogens is 532 g/mol. The molecule has 2 amide bonds. The number of aryl methyl sites for hydroxylation is 2. The van der Waals surface area contributed by atoms with Crippen LogP contribution in [0.25, 0.3) is 11.6 Å². The number of urea groups is 1. The van der Waals surface area contributed by atoms with Crippen molar-refractivity contribution in [1.82, 2.24) is 19.4 Å². The quantitative estimate of drug-likeness (QED) is 0.241. The summed E-state index contributed by atoms with van der Waals surface area (Å²) in [6, 6.07) is 17.7. The number of hydrogen-bond acceptors (Lipinski definition) is 4. The molecule has 2 aromatic heterocycles. The Morgan fingerprint density at radius 2 is 1.88 bits per heavy atom. The van der Waals surface area contributed by atoms with Crippen LogP contribution in [-0.4, -0.2) is 38.6 Å². The Bertz CT molecular complexity index is 1570. The van der Waals surface area contributed by atoms with Crippen molar-refractivity contribution in [2.75, 3.05) is 24.1 Å². The maximum absolute atomic E-state index is 13.0. The van der Waals surface area contributed by atoms with Gasteiger partial charge in [0.05, 0.1) is 5.69 Å². The predicted molar refractivity (Wildman–Crippen MR) is 166 cm³/mol. The third-order valence-corrected chi connectivity index (χ3v) is 8.66. The second-order valence-corrected chi connectivity index (χ2v) is 11.4. The maximum atomic E-state index is 13.0. The standard InChI is InChI=1S/C33H35ClN6O/c1-22-36-15-19-39(22)16-3-5-24-20-25-4-2-14-37-32(25)31(29-11-6-26(34)21-30(24)29)23-12-17-40(18-13-23)33(41)38-28-9-7-27(35)8-10-28/h2,4,6-11,14-15,19-21,23,31H,3,5,12-13,16-18,35H2,1H3,(H,38,41). The van der Waals surface area contributed by atoms with Crippen LogP contribution in [0.1, 0.15) is 59.8 Å². The van der Waals surface area contributed by atoms with Gasteiger partial charge in [0.2, 0.25) is 0 Å². The maximum Gasteiger partial charge on any atom is 0.321 e. The predicted octanol–water partition coefficient (Wildman–Crippen LogP) is 7.23. The largest absolute Gasteiger partial charge is 0.399 e. The molecule has 1 unspecified atom stereocenters. The summed E-state index contributed by atoms with van der Waals surface area (Å²) in [6.45, 7) is 4.34. The number of amides is 2. The smallest absolute Gasteiger partial charge is 0.321 e. The molecule has 3 N–H and O–H groups in total. The van der Waals surface area contributed by atoms with Crippen LogP contribution < -0.4 is 11.1 Å². The van der Waals surface area contributed by atoms with Crippen molar-refractivity contribution < 1.29 is 4.79 Å². The molecule has 3 heterocycles. The molecule has 0 bridgehead atoms. The number of hydrogen-bond donors (Lipinski definition) is 2. The molecule has 8 heteroatoms. The van der Waals surface area contributed by atoms with E-state index >= 15 is 0 Å². The second kappa shape index (κ2) is 11.8. The number of nitrogen functional groups attached to an aromatic ring is 1. The molecule has 1 aliphatic carbocycles. The van der Waals surface area contributed by atoms with Gasteiger partial charge >= 0.3 is 6.03 Å². The lowest BCUT2D eigenvalue weighted by Crippen LogP contribution is -2.42. The third-order valence-electron chi connectivity index (χ3n) is 8.42. The minimum absolute atomic E-state index is 0.0723. The summed E-state index contributed by atoms with van der Waals surface area (Å²) in [6.07, 6.45) is 11.8. The number of anilines is 2. The molecule has 7 nitrogen and oxygen atoms in total. The number of piperidine rings is 1. The molecular formula is C33H35ClN6O. The number of allylic oxidation sites excluding steroid dienone is 1. The normalized spacial score (nSPS) is 16.9. The molecule has 0 saturated carbocycles. The van der Waals surface area contributed by atoms with Crippen molar-refractivity contribution in [3.05, 3.63) is 106 Å². The lowest BCUT2D eigenvalue weighted by atomic mass is 9.76. The lowest BCUT2D eigenvalue weighted by Gasteiger charge is -2.36. The fourth-order valence-electron chi connectivity index (χ4n) is 6.27. The minimum atomic E-state index is -0.0723.